The molecule has 1 amide bonds. The molecule has 2 fully saturated rings. The van der Waals surface area contributed by atoms with E-state index in [0.717, 1.165) is 13.0 Å². The largest absolute Gasteiger partial charge is 0.375 e. The van der Waals surface area contributed by atoms with E-state index in [-0.39, 0.29) is 12.5 Å². The molecule has 0 aromatic rings. The van der Waals surface area contributed by atoms with Gasteiger partial charge in [0, 0.05) is 19.7 Å². The van der Waals surface area contributed by atoms with Crippen molar-refractivity contribution in [3.63, 3.8) is 0 Å². The molecule has 1 saturated carbocycles. The maximum Gasteiger partial charge on any atom is 0.248 e. The highest BCUT2D eigenvalue weighted by Gasteiger charge is 2.50. The van der Waals surface area contributed by atoms with Crippen molar-refractivity contribution in [3.05, 3.63) is 0 Å². The molecule has 1 aliphatic heterocycles. The summed E-state index contributed by atoms with van der Waals surface area (Å²) in [7, 11) is 1.59. The average molecular weight is 225 g/mol. The van der Waals surface area contributed by atoms with E-state index in [4.69, 9.17) is 4.74 Å². The van der Waals surface area contributed by atoms with E-state index in [2.05, 4.69) is 25.7 Å². The summed E-state index contributed by atoms with van der Waals surface area (Å²) in [6, 6.07) is 0.441. The Labute approximate surface area is 98.1 Å². The zero-order chi connectivity index (χ0) is 12.0. The summed E-state index contributed by atoms with van der Waals surface area (Å²) in [4.78, 5) is 14.0. The molecule has 3 nitrogen and oxygen atoms in total. The second-order valence-corrected chi connectivity index (χ2v) is 6.67. The van der Waals surface area contributed by atoms with Gasteiger partial charge < -0.3 is 9.64 Å². The Morgan fingerprint density at radius 3 is 2.69 bits per heavy atom. The molecule has 1 heterocycles. The summed E-state index contributed by atoms with van der Waals surface area (Å²) in [5.74, 6) is 0.161. The molecule has 0 aromatic heterocycles. The summed E-state index contributed by atoms with van der Waals surface area (Å²) in [5, 5.41) is 0. The number of fused-ring (bicyclic) bond motifs is 2. The maximum atomic E-state index is 11.9. The molecule has 1 saturated heterocycles. The zero-order valence-corrected chi connectivity index (χ0v) is 10.9. The lowest BCUT2D eigenvalue weighted by Gasteiger charge is -2.39. The van der Waals surface area contributed by atoms with Crippen LogP contribution >= 0.6 is 0 Å². The van der Waals surface area contributed by atoms with Gasteiger partial charge in [0.2, 0.25) is 5.91 Å². The number of nitrogens with zero attached hydrogens (tertiary/aromatic N) is 1. The summed E-state index contributed by atoms with van der Waals surface area (Å²) in [6.07, 6.45) is 3.54. The van der Waals surface area contributed by atoms with Crippen LogP contribution in [0.25, 0.3) is 0 Å². The number of ether oxygens (including phenoxy) is 1. The van der Waals surface area contributed by atoms with Crippen LogP contribution in [0.4, 0.5) is 0 Å². The van der Waals surface area contributed by atoms with Crippen molar-refractivity contribution in [3.8, 4) is 0 Å². The van der Waals surface area contributed by atoms with Crippen molar-refractivity contribution in [2.24, 2.45) is 10.8 Å². The molecular weight excluding hydrogens is 202 g/mol. The monoisotopic (exact) mass is 225 g/mol. The maximum absolute atomic E-state index is 11.9. The average Bonchev–Trinajstić information content (AvgIpc) is 2.35. The first-order valence-corrected chi connectivity index (χ1v) is 6.14. The Hall–Kier alpha value is -0.570. The fourth-order valence-corrected chi connectivity index (χ4v) is 3.96. The molecule has 16 heavy (non-hydrogen) atoms. The predicted octanol–water partition coefficient (Wildman–Crippen LogP) is 2.06. The van der Waals surface area contributed by atoms with Gasteiger partial charge in [0.05, 0.1) is 0 Å². The highest BCUT2D eigenvalue weighted by molar-refractivity contribution is 5.78. The Morgan fingerprint density at radius 2 is 2.06 bits per heavy atom. The summed E-state index contributed by atoms with van der Waals surface area (Å²) >= 11 is 0. The van der Waals surface area contributed by atoms with Crippen LogP contribution in [-0.4, -0.2) is 37.1 Å². The van der Waals surface area contributed by atoms with Gasteiger partial charge in [0.1, 0.15) is 6.61 Å². The zero-order valence-electron chi connectivity index (χ0n) is 10.9. The number of carbonyl (C=O) groups is 1. The second-order valence-electron chi connectivity index (χ2n) is 6.67. The standard InChI is InChI=1S/C13H23NO2/c1-12(2)5-10-6-13(3,8-12)9-14(10)11(15)7-16-4/h10H,5-9H2,1-4H3. The molecule has 0 spiro atoms. The number of amides is 1. The minimum Gasteiger partial charge on any atom is -0.375 e. The first-order valence-electron chi connectivity index (χ1n) is 6.14. The van der Waals surface area contributed by atoms with Crippen LogP contribution in [0.15, 0.2) is 0 Å². The minimum atomic E-state index is 0.161. The molecule has 2 atom stereocenters. The van der Waals surface area contributed by atoms with E-state index in [1.165, 1.54) is 12.8 Å². The third-order valence-electron chi connectivity index (χ3n) is 4.00. The first kappa shape index (κ1) is 11.9. The molecule has 0 radical (unpaired) electrons. The summed E-state index contributed by atoms with van der Waals surface area (Å²) in [6.45, 7) is 8.11. The van der Waals surface area contributed by atoms with E-state index >= 15 is 0 Å². The Kier molecular flexibility index (Phi) is 2.77. The van der Waals surface area contributed by atoms with E-state index in [1.807, 2.05) is 0 Å². The Balaban J connectivity index is 2.13. The molecule has 2 aliphatic rings. The fraction of sp³-hybridized carbons (Fsp3) is 0.923. The molecular formula is C13H23NO2. The van der Waals surface area contributed by atoms with Crippen LogP contribution in [0.1, 0.15) is 40.0 Å². The molecule has 2 bridgehead atoms. The lowest BCUT2D eigenvalue weighted by Crippen LogP contribution is -2.39. The topological polar surface area (TPSA) is 29.5 Å². The molecule has 2 unspecified atom stereocenters. The van der Waals surface area contributed by atoms with Crippen LogP contribution in [0.2, 0.25) is 0 Å². The number of rotatable bonds is 2. The minimum absolute atomic E-state index is 0.161. The SMILES string of the molecule is COCC(=O)N1CC2(C)CC1CC(C)(C)C2. The van der Waals surface area contributed by atoms with Crippen LogP contribution in [-0.2, 0) is 9.53 Å². The Morgan fingerprint density at radius 1 is 1.38 bits per heavy atom. The predicted molar refractivity (Wildman–Crippen MR) is 63.1 cm³/mol. The van der Waals surface area contributed by atoms with Crippen LogP contribution in [0, 0.1) is 10.8 Å². The van der Waals surface area contributed by atoms with Crippen molar-refractivity contribution in [2.45, 2.75) is 46.1 Å². The highest BCUT2D eigenvalue weighted by Crippen LogP contribution is 2.52. The molecule has 1 aliphatic carbocycles. The van der Waals surface area contributed by atoms with Gasteiger partial charge >= 0.3 is 0 Å². The smallest absolute Gasteiger partial charge is 0.248 e. The van der Waals surface area contributed by atoms with Crippen molar-refractivity contribution in [1.82, 2.24) is 4.90 Å². The quantitative estimate of drug-likeness (QED) is 0.720. The first-order chi connectivity index (χ1) is 7.35. The number of hydrogen-bond acceptors (Lipinski definition) is 2. The van der Waals surface area contributed by atoms with Gasteiger partial charge in [-0.25, -0.2) is 0 Å². The molecule has 3 heteroatoms. The van der Waals surface area contributed by atoms with Crippen molar-refractivity contribution >= 4 is 5.91 Å². The highest BCUT2D eigenvalue weighted by atomic mass is 16.5. The molecule has 2 rings (SSSR count). The van der Waals surface area contributed by atoms with Gasteiger partial charge in [-0.2, -0.15) is 0 Å². The molecule has 92 valence electrons. The molecule has 0 N–H and O–H groups in total. The van der Waals surface area contributed by atoms with Crippen LogP contribution in [0.3, 0.4) is 0 Å². The van der Waals surface area contributed by atoms with Gasteiger partial charge in [0.25, 0.3) is 0 Å². The fourth-order valence-electron chi connectivity index (χ4n) is 3.96. The van der Waals surface area contributed by atoms with E-state index in [9.17, 15) is 4.79 Å². The van der Waals surface area contributed by atoms with Crippen LogP contribution < -0.4 is 0 Å². The molecule has 0 aromatic carbocycles. The van der Waals surface area contributed by atoms with Gasteiger partial charge in [-0.3, -0.25) is 4.79 Å². The lowest BCUT2D eigenvalue weighted by atomic mass is 9.65. The third-order valence-corrected chi connectivity index (χ3v) is 4.00. The third kappa shape index (κ3) is 2.10. The second kappa shape index (κ2) is 3.73. The summed E-state index contributed by atoms with van der Waals surface area (Å²) in [5.41, 5.74) is 0.704. The van der Waals surface area contributed by atoms with Gasteiger partial charge in [0.15, 0.2) is 0 Å². The number of carbonyl (C=O) groups excluding carboxylic acids is 1. The number of methoxy groups -OCH3 is 1. The lowest BCUT2D eigenvalue weighted by molar-refractivity contribution is -0.136. The number of likely N-dealkylation sites (tertiary alicyclic amines) is 1. The van der Waals surface area contributed by atoms with E-state index in [1.54, 1.807) is 7.11 Å². The van der Waals surface area contributed by atoms with Crippen molar-refractivity contribution in [2.75, 3.05) is 20.3 Å². The van der Waals surface area contributed by atoms with E-state index in [0.29, 0.717) is 16.9 Å². The number of hydrogen-bond donors (Lipinski definition) is 0. The summed E-state index contributed by atoms with van der Waals surface area (Å²) < 4.78 is 4.96. The van der Waals surface area contributed by atoms with Crippen molar-refractivity contribution in [1.29, 1.82) is 0 Å². The Bertz CT molecular complexity index is 300. The van der Waals surface area contributed by atoms with Gasteiger partial charge in [-0.05, 0) is 30.1 Å². The van der Waals surface area contributed by atoms with Gasteiger partial charge in [-0.1, -0.05) is 20.8 Å². The van der Waals surface area contributed by atoms with Gasteiger partial charge in [-0.15, -0.1) is 0 Å². The van der Waals surface area contributed by atoms with Crippen molar-refractivity contribution < 1.29 is 9.53 Å². The van der Waals surface area contributed by atoms with E-state index < -0.39 is 0 Å². The normalized spacial score (nSPS) is 36.5. The van der Waals surface area contributed by atoms with Crippen LogP contribution in [0.5, 0.6) is 0 Å².